The lowest BCUT2D eigenvalue weighted by molar-refractivity contribution is 0.300. The molecule has 0 spiro atoms. The minimum Gasteiger partial charge on any atom is -0.397 e. The van der Waals surface area contributed by atoms with Gasteiger partial charge >= 0.3 is 0 Å². The summed E-state index contributed by atoms with van der Waals surface area (Å²) in [6, 6.07) is 0. The average Bonchev–Trinajstić information content (AvgIpc) is 2.46. The van der Waals surface area contributed by atoms with E-state index in [2.05, 4.69) is 51.5 Å². The number of halogens is 1. The van der Waals surface area contributed by atoms with Gasteiger partial charge in [-0.3, -0.25) is 0 Å². The molecule has 0 atom stereocenters. The van der Waals surface area contributed by atoms with E-state index < -0.39 is 0 Å². The zero-order valence-electron chi connectivity index (χ0n) is 13.1. The minimum atomic E-state index is 0.736. The molecule has 1 heterocycles. The van der Waals surface area contributed by atoms with Gasteiger partial charge < -0.3 is 15.5 Å². The molecular weight excluding hydrogens is 316 g/mol. The minimum absolute atomic E-state index is 0.736. The van der Waals surface area contributed by atoms with Gasteiger partial charge in [0.2, 0.25) is 0 Å². The molecule has 0 bridgehead atoms. The zero-order chi connectivity index (χ0) is 15.1. The zero-order valence-corrected chi connectivity index (χ0v) is 14.7. The van der Waals surface area contributed by atoms with Crippen LogP contribution in [0, 0.1) is 6.92 Å². The summed E-state index contributed by atoms with van der Waals surface area (Å²) < 4.78 is 1.02. The summed E-state index contributed by atoms with van der Waals surface area (Å²) in [5.41, 5.74) is 7.69. The predicted molar refractivity (Wildman–Crippen MR) is 91.4 cm³/mol. The van der Waals surface area contributed by atoms with Crippen molar-refractivity contribution >= 4 is 27.4 Å². The molecular formula is C15H27BrN4. The highest BCUT2D eigenvalue weighted by atomic mass is 79.9. The predicted octanol–water partition coefficient (Wildman–Crippen LogP) is 3.29. The van der Waals surface area contributed by atoms with Gasteiger partial charge in [0.05, 0.1) is 16.4 Å². The van der Waals surface area contributed by atoms with Crippen LogP contribution >= 0.6 is 15.9 Å². The molecule has 0 aliphatic heterocycles. The molecule has 0 saturated heterocycles. The molecule has 20 heavy (non-hydrogen) atoms. The monoisotopic (exact) mass is 342 g/mol. The molecule has 0 fully saturated rings. The van der Waals surface area contributed by atoms with Gasteiger partial charge in [-0.1, -0.05) is 13.8 Å². The third-order valence-corrected chi connectivity index (χ3v) is 4.71. The van der Waals surface area contributed by atoms with Crippen LogP contribution in [-0.4, -0.2) is 42.6 Å². The Hall–Kier alpha value is -0.810. The molecule has 0 amide bonds. The van der Waals surface area contributed by atoms with Crippen molar-refractivity contribution < 1.29 is 0 Å². The Morgan fingerprint density at radius 1 is 1.15 bits per heavy atom. The molecule has 4 nitrogen and oxygen atoms in total. The van der Waals surface area contributed by atoms with E-state index in [0.29, 0.717) is 0 Å². The quantitative estimate of drug-likeness (QED) is 0.787. The van der Waals surface area contributed by atoms with Gasteiger partial charge in [-0.25, -0.2) is 4.98 Å². The number of rotatable bonds is 8. The standard InChI is InChI=1S/C15H27BrN4/c1-5-19(6-2)9-8-10-20(7-3)15-14(16)12(4)13(17)11-18-15/h11H,5-10,17H2,1-4H3. The molecule has 1 aromatic heterocycles. The fourth-order valence-corrected chi connectivity index (χ4v) is 2.82. The van der Waals surface area contributed by atoms with Crippen molar-refractivity contribution in [1.82, 2.24) is 9.88 Å². The van der Waals surface area contributed by atoms with Crippen LogP contribution < -0.4 is 10.6 Å². The van der Waals surface area contributed by atoms with Crippen LogP contribution in [0.15, 0.2) is 10.7 Å². The van der Waals surface area contributed by atoms with E-state index >= 15 is 0 Å². The van der Waals surface area contributed by atoms with Gasteiger partial charge in [0.15, 0.2) is 0 Å². The van der Waals surface area contributed by atoms with Crippen molar-refractivity contribution in [2.24, 2.45) is 0 Å². The first-order valence-electron chi connectivity index (χ1n) is 7.42. The van der Waals surface area contributed by atoms with Crippen LogP contribution in [0.4, 0.5) is 11.5 Å². The highest BCUT2D eigenvalue weighted by Crippen LogP contribution is 2.30. The van der Waals surface area contributed by atoms with E-state index in [9.17, 15) is 0 Å². The molecule has 0 aliphatic rings. The van der Waals surface area contributed by atoms with Crippen LogP contribution in [-0.2, 0) is 0 Å². The summed E-state index contributed by atoms with van der Waals surface area (Å²) in [6.07, 6.45) is 2.90. The lowest BCUT2D eigenvalue weighted by Crippen LogP contribution is -2.30. The topological polar surface area (TPSA) is 45.4 Å². The molecule has 5 heteroatoms. The van der Waals surface area contributed by atoms with Gasteiger partial charge in [-0.15, -0.1) is 0 Å². The summed E-state index contributed by atoms with van der Waals surface area (Å²) in [7, 11) is 0. The molecule has 2 N–H and O–H groups in total. The van der Waals surface area contributed by atoms with Crippen molar-refractivity contribution in [2.45, 2.75) is 34.1 Å². The fourth-order valence-electron chi connectivity index (χ4n) is 2.24. The number of nitrogen functional groups attached to an aromatic ring is 1. The second kappa shape index (κ2) is 8.47. The van der Waals surface area contributed by atoms with Crippen LogP contribution in [0.5, 0.6) is 0 Å². The molecule has 0 saturated carbocycles. The first kappa shape index (κ1) is 17.2. The van der Waals surface area contributed by atoms with Crippen molar-refractivity contribution in [3.63, 3.8) is 0 Å². The Labute approximate surface area is 131 Å². The molecule has 0 radical (unpaired) electrons. The number of aromatic nitrogens is 1. The van der Waals surface area contributed by atoms with E-state index in [1.54, 1.807) is 6.20 Å². The first-order chi connectivity index (χ1) is 9.54. The third kappa shape index (κ3) is 4.35. The second-order valence-corrected chi connectivity index (χ2v) is 5.73. The van der Waals surface area contributed by atoms with Crippen LogP contribution in [0.2, 0.25) is 0 Å². The molecule has 1 rings (SSSR count). The molecule has 114 valence electrons. The normalized spacial score (nSPS) is 11.1. The van der Waals surface area contributed by atoms with Crippen molar-refractivity contribution in [1.29, 1.82) is 0 Å². The number of anilines is 2. The second-order valence-electron chi connectivity index (χ2n) is 4.94. The Morgan fingerprint density at radius 2 is 1.80 bits per heavy atom. The maximum atomic E-state index is 5.89. The number of nitrogens with zero attached hydrogens (tertiary/aromatic N) is 3. The maximum absolute atomic E-state index is 5.89. The highest BCUT2D eigenvalue weighted by Gasteiger charge is 2.13. The van der Waals surface area contributed by atoms with Crippen molar-refractivity contribution in [3.05, 3.63) is 16.2 Å². The van der Waals surface area contributed by atoms with E-state index in [-0.39, 0.29) is 0 Å². The van der Waals surface area contributed by atoms with E-state index in [1.807, 2.05) is 6.92 Å². The Morgan fingerprint density at radius 3 is 2.35 bits per heavy atom. The molecule has 0 aliphatic carbocycles. The van der Waals surface area contributed by atoms with Crippen molar-refractivity contribution in [2.75, 3.05) is 43.4 Å². The number of nitrogens with two attached hydrogens (primary N) is 1. The average molecular weight is 343 g/mol. The molecule has 0 unspecified atom stereocenters. The van der Waals surface area contributed by atoms with Crippen molar-refractivity contribution in [3.8, 4) is 0 Å². The summed E-state index contributed by atoms with van der Waals surface area (Å²) >= 11 is 3.63. The Balaban J connectivity index is 2.69. The van der Waals surface area contributed by atoms with E-state index in [1.165, 1.54) is 0 Å². The van der Waals surface area contributed by atoms with Crippen LogP contribution in [0.1, 0.15) is 32.8 Å². The first-order valence-corrected chi connectivity index (χ1v) is 8.22. The molecule has 1 aromatic rings. The summed E-state index contributed by atoms with van der Waals surface area (Å²) in [5, 5.41) is 0. The number of pyridine rings is 1. The van der Waals surface area contributed by atoms with Crippen LogP contribution in [0.3, 0.4) is 0 Å². The van der Waals surface area contributed by atoms with Gasteiger partial charge in [0.25, 0.3) is 0 Å². The Bertz CT molecular complexity index is 419. The van der Waals surface area contributed by atoms with Crippen LogP contribution in [0.25, 0.3) is 0 Å². The molecule has 0 aromatic carbocycles. The Kier molecular flexibility index (Phi) is 7.30. The van der Waals surface area contributed by atoms with Gasteiger partial charge in [-0.05, 0) is 61.4 Å². The van der Waals surface area contributed by atoms with Gasteiger partial charge in [-0.2, -0.15) is 0 Å². The third-order valence-electron chi connectivity index (χ3n) is 3.76. The fraction of sp³-hybridized carbons (Fsp3) is 0.667. The van der Waals surface area contributed by atoms with Gasteiger partial charge in [0.1, 0.15) is 5.82 Å². The SMILES string of the molecule is CCN(CC)CCCN(CC)c1ncc(N)c(C)c1Br. The lowest BCUT2D eigenvalue weighted by Gasteiger charge is -2.26. The highest BCUT2D eigenvalue weighted by molar-refractivity contribution is 9.10. The van der Waals surface area contributed by atoms with E-state index in [4.69, 9.17) is 5.73 Å². The van der Waals surface area contributed by atoms with Gasteiger partial charge in [0, 0.05) is 13.1 Å². The number of hydrogen-bond donors (Lipinski definition) is 1. The summed E-state index contributed by atoms with van der Waals surface area (Å²) in [6.45, 7) is 13.9. The maximum Gasteiger partial charge on any atom is 0.143 e. The number of hydrogen-bond acceptors (Lipinski definition) is 4. The lowest BCUT2D eigenvalue weighted by atomic mass is 10.2. The largest absolute Gasteiger partial charge is 0.397 e. The summed E-state index contributed by atoms with van der Waals surface area (Å²) in [4.78, 5) is 9.24. The van der Waals surface area contributed by atoms with E-state index in [0.717, 1.165) is 60.7 Å². The summed E-state index contributed by atoms with van der Waals surface area (Å²) in [5.74, 6) is 0.999. The smallest absolute Gasteiger partial charge is 0.143 e.